The van der Waals surface area contributed by atoms with E-state index in [1.54, 1.807) is 49.4 Å². The molecule has 3 aromatic carbocycles. The molecule has 10 heteroatoms. The molecule has 5 rings (SSSR count). The van der Waals surface area contributed by atoms with Crippen LogP contribution in [0.15, 0.2) is 77.6 Å². The number of alkyl halides is 3. The number of fused-ring (bicyclic) bond motifs is 1. The highest BCUT2D eigenvalue weighted by atomic mass is 19.4. The molecule has 0 spiro atoms. The lowest BCUT2D eigenvalue weighted by atomic mass is 10.0. The maximum Gasteiger partial charge on any atom is 0.417 e. The molecule has 0 atom stereocenters. The van der Waals surface area contributed by atoms with Crippen LogP contribution in [0.2, 0.25) is 0 Å². The highest BCUT2D eigenvalue weighted by Gasteiger charge is 2.36. The number of benzene rings is 3. The predicted molar refractivity (Wildman–Crippen MR) is 155 cm³/mol. The third kappa shape index (κ3) is 6.02. The third-order valence-electron chi connectivity index (χ3n) is 7.00. The van der Waals surface area contributed by atoms with Crippen molar-refractivity contribution in [2.45, 2.75) is 33.5 Å². The number of aryl methyl sites for hydroxylation is 2. The number of carbonyl (C=O) groups is 1. The van der Waals surface area contributed by atoms with Gasteiger partial charge >= 0.3 is 12.1 Å². The molecule has 1 N–H and O–H groups in total. The molecule has 43 heavy (non-hydrogen) atoms. The zero-order chi connectivity index (χ0) is 30.9. The summed E-state index contributed by atoms with van der Waals surface area (Å²) in [6.45, 7) is 5.68. The Morgan fingerprint density at radius 2 is 1.77 bits per heavy atom. The van der Waals surface area contributed by atoms with Crippen LogP contribution in [0.1, 0.15) is 45.2 Å². The fraction of sp³-hybridized carbons (Fsp3) is 0.182. The number of esters is 1. The molecule has 0 fully saturated rings. The van der Waals surface area contributed by atoms with Crippen LogP contribution in [0, 0.1) is 25.2 Å². The van der Waals surface area contributed by atoms with Crippen LogP contribution in [0.3, 0.4) is 0 Å². The maximum atomic E-state index is 14.0. The first-order valence-corrected chi connectivity index (χ1v) is 13.4. The molecular formula is C33H26F3N3O4. The summed E-state index contributed by atoms with van der Waals surface area (Å²) in [5.74, 6) is 0.241. The number of nitriles is 1. The van der Waals surface area contributed by atoms with Crippen molar-refractivity contribution in [1.82, 2.24) is 9.55 Å². The quantitative estimate of drug-likeness (QED) is 0.199. The molecule has 0 saturated heterocycles. The topological polar surface area (TPSA) is 97.1 Å². The van der Waals surface area contributed by atoms with Gasteiger partial charge in [-0.15, -0.1) is 0 Å². The summed E-state index contributed by atoms with van der Waals surface area (Å²) < 4.78 is 54.3. The van der Waals surface area contributed by atoms with E-state index >= 15 is 0 Å². The Labute approximate surface area is 244 Å². The molecule has 0 aliphatic carbocycles. The number of hydrogen-bond acceptors (Lipinski definition) is 5. The van der Waals surface area contributed by atoms with Crippen LogP contribution in [-0.4, -0.2) is 22.1 Å². The molecule has 218 valence electrons. The Balaban J connectivity index is 1.58. The Morgan fingerprint density at radius 1 is 1.00 bits per heavy atom. The van der Waals surface area contributed by atoms with Gasteiger partial charge in [0.1, 0.15) is 28.8 Å². The summed E-state index contributed by atoms with van der Waals surface area (Å²) >= 11 is 0. The number of H-pyrrole nitrogens is 1. The van der Waals surface area contributed by atoms with E-state index in [-0.39, 0.29) is 18.8 Å². The summed E-state index contributed by atoms with van der Waals surface area (Å²) in [7, 11) is 0. The number of rotatable bonds is 7. The molecule has 2 aromatic heterocycles. The fourth-order valence-electron chi connectivity index (χ4n) is 4.92. The van der Waals surface area contributed by atoms with Crippen molar-refractivity contribution in [3.63, 3.8) is 0 Å². The van der Waals surface area contributed by atoms with Crippen molar-refractivity contribution in [2.24, 2.45) is 0 Å². The average Bonchev–Trinajstić information content (AvgIpc) is 3.38. The van der Waals surface area contributed by atoms with Gasteiger partial charge < -0.3 is 19.0 Å². The maximum absolute atomic E-state index is 14.0. The van der Waals surface area contributed by atoms with Gasteiger partial charge in [0, 0.05) is 16.5 Å². The Hall–Kier alpha value is -5.30. The minimum Gasteiger partial charge on any atom is -0.461 e. The zero-order valence-electron chi connectivity index (χ0n) is 23.5. The van der Waals surface area contributed by atoms with Gasteiger partial charge in [-0.05, 0) is 74.4 Å². The number of hydrogen-bond donors (Lipinski definition) is 1. The number of carbonyl (C=O) groups excluding carboxylic acids is 1. The van der Waals surface area contributed by atoms with Crippen molar-refractivity contribution in [1.29, 1.82) is 5.26 Å². The summed E-state index contributed by atoms with van der Waals surface area (Å²) in [6, 6.07) is 21.0. The Kier molecular flexibility index (Phi) is 7.83. The summed E-state index contributed by atoms with van der Waals surface area (Å²) in [5, 5.41) is 10.2. The van der Waals surface area contributed by atoms with Crippen LogP contribution in [-0.2, 0) is 17.5 Å². The van der Waals surface area contributed by atoms with Crippen molar-refractivity contribution in [2.75, 3.05) is 6.61 Å². The van der Waals surface area contributed by atoms with E-state index in [1.807, 2.05) is 32.0 Å². The van der Waals surface area contributed by atoms with Crippen LogP contribution >= 0.6 is 0 Å². The molecule has 7 nitrogen and oxygen atoms in total. The van der Waals surface area contributed by atoms with Crippen molar-refractivity contribution >= 4 is 16.9 Å². The second-order valence-electron chi connectivity index (χ2n) is 10.0. The summed E-state index contributed by atoms with van der Waals surface area (Å²) in [6.07, 6.45) is -4.92. The fourth-order valence-corrected chi connectivity index (χ4v) is 4.92. The molecule has 0 bridgehead atoms. The van der Waals surface area contributed by atoms with Crippen LogP contribution < -0.4 is 10.3 Å². The lowest BCUT2D eigenvalue weighted by Gasteiger charge is -2.19. The predicted octanol–water partition coefficient (Wildman–Crippen LogP) is 7.52. The Morgan fingerprint density at radius 3 is 2.47 bits per heavy atom. The average molecular weight is 586 g/mol. The van der Waals surface area contributed by atoms with E-state index in [4.69, 9.17) is 9.47 Å². The first kappa shape index (κ1) is 29.2. The monoisotopic (exact) mass is 585 g/mol. The van der Waals surface area contributed by atoms with Gasteiger partial charge in [-0.2, -0.15) is 18.4 Å². The molecule has 2 heterocycles. The Bertz CT molecular complexity index is 1970. The number of aromatic nitrogens is 2. The SMILES string of the molecule is CCOC(=O)c1cc2cc(Oc3cccc(-c4cc(C(F)(F)F)c(C#N)c(=O)n4Cc4ccc(C)cc4C)c3)ccc2[nH]1. The van der Waals surface area contributed by atoms with Gasteiger partial charge in [-0.3, -0.25) is 4.79 Å². The first-order valence-electron chi connectivity index (χ1n) is 13.4. The minimum atomic E-state index is -4.92. The zero-order valence-corrected chi connectivity index (χ0v) is 23.5. The highest BCUT2D eigenvalue weighted by Crippen LogP contribution is 2.35. The van der Waals surface area contributed by atoms with Crippen LogP contribution in [0.25, 0.3) is 22.2 Å². The number of pyridine rings is 1. The number of ether oxygens (including phenoxy) is 2. The van der Waals surface area contributed by atoms with E-state index in [1.165, 1.54) is 16.7 Å². The minimum absolute atomic E-state index is 0.0121. The van der Waals surface area contributed by atoms with Crippen molar-refractivity contribution < 1.29 is 27.4 Å². The van der Waals surface area contributed by atoms with Crippen molar-refractivity contribution in [3.8, 4) is 28.8 Å². The smallest absolute Gasteiger partial charge is 0.417 e. The summed E-state index contributed by atoms with van der Waals surface area (Å²) in [5.41, 5.74) is 0.558. The molecule has 0 aliphatic heterocycles. The molecule has 0 aliphatic rings. The van der Waals surface area contributed by atoms with Crippen molar-refractivity contribution in [3.05, 3.63) is 117 Å². The number of nitrogens with zero attached hydrogens (tertiary/aromatic N) is 2. The second-order valence-corrected chi connectivity index (χ2v) is 10.0. The first-order chi connectivity index (χ1) is 20.5. The largest absolute Gasteiger partial charge is 0.461 e. The highest BCUT2D eigenvalue weighted by molar-refractivity contribution is 5.95. The molecule has 5 aromatic rings. The van der Waals surface area contributed by atoms with Gasteiger partial charge in [0.25, 0.3) is 5.56 Å². The lowest BCUT2D eigenvalue weighted by Crippen LogP contribution is -2.29. The summed E-state index contributed by atoms with van der Waals surface area (Å²) in [4.78, 5) is 28.5. The third-order valence-corrected chi connectivity index (χ3v) is 7.00. The van der Waals surface area contributed by atoms with Gasteiger partial charge in [-0.1, -0.05) is 35.9 Å². The number of halogens is 3. The molecule has 0 unspecified atom stereocenters. The molecule has 0 saturated carbocycles. The molecular weight excluding hydrogens is 559 g/mol. The van der Waals surface area contributed by atoms with E-state index in [0.29, 0.717) is 33.7 Å². The van der Waals surface area contributed by atoms with E-state index in [0.717, 1.165) is 22.8 Å². The molecule has 0 radical (unpaired) electrons. The normalized spacial score (nSPS) is 11.4. The van der Waals surface area contributed by atoms with Crippen LogP contribution in [0.5, 0.6) is 11.5 Å². The van der Waals surface area contributed by atoms with Gasteiger partial charge in [-0.25, -0.2) is 4.79 Å². The molecule has 0 amide bonds. The van der Waals surface area contributed by atoms with Gasteiger partial charge in [0.15, 0.2) is 0 Å². The van der Waals surface area contributed by atoms with Gasteiger partial charge in [0.05, 0.1) is 24.4 Å². The van der Waals surface area contributed by atoms with E-state index < -0.39 is 28.8 Å². The second kappa shape index (κ2) is 11.5. The lowest BCUT2D eigenvalue weighted by molar-refractivity contribution is -0.137. The van der Waals surface area contributed by atoms with Crippen LogP contribution in [0.4, 0.5) is 13.2 Å². The van der Waals surface area contributed by atoms with E-state index in [2.05, 4.69) is 4.98 Å². The number of aromatic amines is 1. The van der Waals surface area contributed by atoms with E-state index in [9.17, 15) is 28.0 Å². The standard InChI is InChI=1S/C33H26F3N3O4/c1-4-42-32(41)29-15-23-14-25(10-11-28(23)38-29)43-24-7-5-6-21(13-24)30-16-27(33(34,35)36)26(17-37)31(40)39(30)18-22-9-8-19(2)12-20(22)3/h5-16,38H,4,18H2,1-3H3. The van der Waals surface area contributed by atoms with Gasteiger partial charge in [0.2, 0.25) is 0 Å². The number of nitrogens with one attached hydrogen (secondary N) is 1.